The third kappa shape index (κ3) is 2.35. The van der Waals surface area contributed by atoms with E-state index in [1.54, 1.807) is 6.92 Å². The van der Waals surface area contributed by atoms with Crippen molar-refractivity contribution in [1.82, 2.24) is 5.32 Å². The molecule has 0 bridgehead atoms. The van der Waals surface area contributed by atoms with Crippen LogP contribution in [0.4, 0.5) is 0 Å². The number of carboxylic acids is 1. The van der Waals surface area contributed by atoms with E-state index in [-0.39, 0.29) is 5.92 Å². The summed E-state index contributed by atoms with van der Waals surface area (Å²) in [5.41, 5.74) is 0. The van der Waals surface area contributed by atoms with Crippen molar-refractivity contribution in [2.24, 2.45) is 5.92 Å². The second kappa shape index (κ2) is 3.01. The Morgan fingerprint density at radius 3 is 2.80 bits per heavy atom. The minimum absolute atomic E-state index is 0.249. The van der Waals surface area contributed by atoms with Crippen molar-refractivity contribution in [3.63, 3.8) is 0 Å². The number of rotatable bonds is 4. The van der Waals surface area contributed by atoms with Crippen LogP contribution in [0.1, 0.15) is 19.8 Å². The average Bonchev–Trinajstić information content (AvgIpc) is 2.64. The van der Waals surface area contributed by atoms with Crippen LogP contribution in [0.3, 0.4) is 0 Å². The molecule has 0 aromatic rings. The Balaban J connectivity index is 2.05. The summed E-state index contributed by atoms with van der Waals surface area (Å²) in [6, 6.07) is 0.613. The summed E-state index contributed by atoms with van der Waals surface area (Å²) in [6.07, 6.45) is 2.43. The van der Waals surface area contributed by atoms with E-state index in [0.717, 1.165) is 0 Å². The van der Waals surface area contributed by atoms with Gasteiger partial charge in [0, 0.05) is 12.6 Å². The highest BCUT2D eigenvalue weighted by Gasteiger charge is 2.22. The molecule has 0 aliphatic heterocycles. The summed E-state index contributed by atoms with van der Waals surface area (Å²) in [6.45, 7) is 2.33. The molecular formula is C7H13NO2. The first-order chi connectivity index (χ1) is 4.70. The third-order valence-corrected chi connectivity index (χ3v) is 1.71. The van der Waals surface area contributed by atoms with Gasteiger partial charge in [0.1, 0.15) is 0 Å². The lowest BCUT2D eigenvalue weighted by Gasteiger charge is -2.05. The first-order valence-corrected chi connectivity index (χ1v) is 3.66. The first-order valence-electron chi connectivity index (χ1n) is 3.66. The minimum atomic E-state index is -0.715. The molecule has 58 valence electrons. The Morgan fingerprint density at radius 2 is 2.40 bits per heavy atom. The smallest absolute Gasteiger partial charge is 0.307 e. The maximum absolute atomic E-state index is 10.3. The quantitative estimate of drug-likeness (QED) is 0.601. The molecule has 1 saturated carbocycles. The Kier molecular flexibility index (Phi) is 2.27. The second-order valence-electron chi connectivity index (χ2n) is 2.92. The third-order valence-electron chi connectivity index (χ3n) is 1.71. The molecular weight excluding hydrogens is 130 g/mol. The zero-order valence-electron chi connectivity index (χ0n) is 6.13. The molecule has 1 unspecified atom stereocenters. The molecule has 0 aromatic carbocycles. The predicted octanol–water partition coefficient (Wildman–Crippen LogP) is 0.459. The van der Waals surface area contributed by atoms with Crippen molar-refractivity contribution in [1.29, 1.82) is 0 Å². The van der Waals surface area contributed by atoms with E-state index < -0.39 is 5.97 Å². The molecule has 1 aliphatic rings. The zero-order chi connectivity index (χ0) is 7.56. The Morgan fingerprint density at radius 1 is 1.80 bits per heavy atom. The maximum atomic E-state index is 10.3. The lowest BCUT2D eigenvalue weighted by molar-refractivity contribution is -0.140. The lowest BCUT2D eigenvalue weighted by atomic mass is 10.2. The van der Waals surface area contributed by atoms with Crippen molar-refractivity contribution in [3.05, 3.63) is 0 Å². The topological polar surface area (TPSA) is 49.3 Å². The fraction of sp³-hybridized carbons (Fsp3) is 0.857. The van der Waals surface area contributed by atoms with Gasteiger partial charge in [0.05, 0.1) is 5.92 Å². The van der Waals surface area contributed by atoms with Crippen molar-refractivity contribution >= 4 is 5.97 Å². The summed E-state index contributed by atoms with van der Waals surface area (Å²) < 4.78 is 0. The van der Waals surface area contributed by atoms with Crippen LogP contribution in [-0.4, -0.2) is 23.7 Å². The highest BCUT2D eigenvalue weighted by Crippen LogP contribution is 2.18. The van der Waals surface area contributed by atoms with Crippen LogP contribution in [-0.2, 0) is 4.79 Å². The molecule has 1 fully saturated rings. The van der Waals surface area contributed by atoms with Gasteiger partial charge in [0.2, 0.25) is 0 Å². The van der Waals surface area contributed by atoms with Gasteiger partial charge in [0.25, 0.3) is 0 Å². The van der Waals surface area contributed by atoms with Crippen LogP contribution < -0.4 is 5.32 Å². The maximum Gasteiger partial charge on any atom is 0.307 e. The van der Waals surface area contributed by atoms with Crippen LogP contribution in [0.5, 0.6) is 0 Å². The number of carboxylic acid groups (broad SMARTS) is 1. The molecule has 0 saturated heterocycles. The molecule has 1 atom stereocenters. The lowest BCUT2D eigenvalue weighted by Crippen LogP contribution is -2.27. The Labute approximate surface area is 60.4 Å². The number of hydrogen-bond donors (Lipinski definition) is 2. The summed E-state index contributed by atoms with van der Waals surface area (Å²) in [5.74, 6) is -0.964. The van der Waals surface area contributed by atoms with Crippen molar-refractivity contribution in [3.8, 4) is 0 Å². The van der Waals surface area contributed by atoms with Crippen LogP contribution in [0, 0.1) is 5.92 Å². The summed E-state index contributed by atoms with van der Waals surface area (Å²) in [5, 5.41) is 11.6. The van der Waals surface area contributed by atoms with E-state index in [0.29, 0.717) is 12.6 Å². The molecule has 0 aromatic heterocycles. The Bertz CT molecular complexity index is 132. The molecule has 1 rings (SSSR count). The molecule has 0 heterocycles. The highest BCUT2D eigenvalue weighted by atomic mass is 16.4. The van der Waals surface area contributed by atoms with Gasteiger partial charge in [-0.3, -0.25) is 4.79 Å². The van der Waals surface area contributed by atoms with Gasteiger partial charge in [-0.1, -0.05) is 6.92 Å². The first kappa shape index (κ1) is 7.54. The van der Waals surface area contributed by atoms with Crippen molar-refractivity contribution in [2.75, 3.05) is 6.54 Å². The Hall–Kier alpha value is -0.570. The van der Waals surface area contributed by atoms with Gasteiger partial charge in [-0.25, -0.2) is 0 Å². The van der Waals surface area contributed by atoms with Crippen molar-refractivity contribution in [2.45, 2.75) is 25.8 Å². The fourth-order valence-electron chi connectivity index (χ4n) is 0.718. The molecule has 3 nitrogen and oxygen atoms in total. The average molecular weight is 143 g/mol. The SMILES string of the molecule is CC(CNC1CC1)C(=O)O. The zero-order valence-corrected chi connectivity index (χ0v) is 6.13. The molecule has 3 heteroatoms. The van der Waals surface area contributed by atoms with Gasteiger partial charge >= 0.3 is 5.97 Å². The standard InChI is InChI=1S/C7H13NO2/c1-5(7(9)10)4-8-6-2-3-6/h5-6,8H,2-4H2,1H3,(H,9,10). The number of nitrogens with one attached hydrogen (secondary N) is 1. The van der Waals surface area contributed by atoms with Gasteiger partial charge < -0.3 is 10.4 Å². The number of aliphatic carboxylic acids is 1. The van der Waals surface area contributed by atoms with E-state index in [2.05, 4.69) is 5.32 Å². The van der Waals surface area contributed by atoms with Gasteiger partial charge in [-0.15, -0.1) is 0 Å². The minimum Gasteiger partial charge on any atom is -0.481 e. The van der Waals surface area contributed by atoms with Crippen LogP contribution in [0.15, 0.2) is 0 Å². The van der Waals surface area contributed by atoms with E-state index in [9.17, 15) is 4.79 Å². The summed E-state index contributed by atoms with van der Waals surface area (Å²) in [4.78, 5) is 10.3. The largest absolute Gasteiger partial charge is 0.481 e. The normalized spacial score (nSPS) is 20.5. The number of carbonyl (C=O) groups is 1. The molecule has 2 N–H and O–H groups in total. The summed E-state index contributed by atoms with van der Waals surface area (Å²) in [7, 11) is 0. The van der Waals surface area contributed by atoms with E-state index in [1.165, 1.54) is 12.8 Å². The molecule has 10 heavy (non-hydrogen) atoms. The van der Waals surface area contributed by atoms with Crippen LogP contribution in [0.2, 0.25) is 0 Å². The van der Waals surface area contributed by atoms with E-state index >= 15 is 0 Å². The fourth-order valence-corrected chi connectivity index (χ4v) is 0.718. The highest BCUT2D eigenvalue weighted by molar-refractivity contribution is 5.69. The van der Waals surface area contributed by atoms with Crippen LogP contribution >= 0.6 is 0 Å². The second-order valence-corrected chi connectivity index (χ2v) is 2.92. The molecule has 0 radical (unpaired) electrons. The van der Waals surface area contributed by atoms with Crippen molar-refractivity contribution < 1.29 is 9.90 Å². The number of hydrogen-bond acceptors (Lipinski definition) is 2. The molecule has 0 spiro atoms. The van der Waals surface area contributed by atoms with E-state index in [1.807, 2.05) is 0 Å². The molecule has 1 aliphatic carbocycles. The monoisotopic (exact) mass is 143 g/mol. The van der Waals surface area contributed by atoms with Crippen LogP contribution in [0.25, 0.3) is 0 Å². The molecule has 0 amide bonds. The van der Waals surface area contributed by atoms with Gasteiger partial charge in [-0.2, -0.15) is 0 Å². The summed E-state index contributed by atoms with van der Waals surface area (Å²) >= 11 is 0. The predicted molar refractivity (Wildman–Crippen MR) is 37.8 cm³/mol. The van der Waals surface area contributed by atoms with E-state index in [4.69, 9.17) is 5.11 Å². The van der Waals surface area contributed by atoms with Gasteiger partial charge in [-0.05, 0) is 12.8 Å². The van der Waals surface area contributed by atoms with Gasteiger partial charge in [0.15, 0.2) is 0 Å².